The quantitative estimate of drug-likeness (QED) is 0.266. The highest BCUT2D eigenvalue weighted by Gasteiger charge is 2.14. The van der Waals surface area contributed by atoms with E-state index in [1.165, 1.54) is 18.0 Å². The molecule has 1 amide bonds. The number of nitrogens with zero attached hydrogens (tertiary/aromatic N) is 4. The van der Waals surface area contributed by atoms with Crippen molar-refractivity contribution in [2.24, 2.45) is 5.10 Å². The largest absolute Gasteiger partial charge is 0.314 e. The van der Waals surface area contributed by atoms with Crippen LogP contribution in [-0.4, -0.2) is 32.4 Å². The van der Waals surface area contributed by atoms with Crippen LogP contribution in [0.3, 0.4) is 0 Å². The maximum Gasteiger partial charge on any atom is 0.250 e. The summed E-state index contributed by atoms with van der Waals surface area (Å²) in [5.41, 5.74) is 6.06. The number of para-hydroxylation sites is 2. The number of hydrogen-bond donors (Lipinski definition) is 1. The molecular weight excluding hydrogens is 418 g/mol. The summed E-state index contributed by atoms with van der Waals surface area (Å²) in [5.74, 6) is -0.0330. The number of aromatic nitrogens is 3. The Balaban J connectivity index is 1.47. The molecule has 2 heterocycles. The minimum absolute atomic E-state index is 0.186. The maximum absolute atomic E-state index is 12.2. The van der Waals surface area contributed by atoms with Crippen LogP contribution in [0.4, 0.5) is 0 Å². The molecule has 0 saturated heterocycles. The van der Waals surface area contributed by atoms with Crippen molar-refractivity contribution in [1.29, 1.82) is 0 Å². The van der Waals surface area contributed by atoms with Gasteiger partial charge in [-0.3, -0.25) is 9.78 Å². The van der Waals surface area contributed by atoms with Crippen molar-refractivity contribution in [2.45, 2.75) is 11.7 Å². The van der Waals surface area contributed by atoms with Gasteiger partial charge in [0.25, 0.3) is 5.91 Å². The number of rotatable bonds is 7. The highest BCUT2D eigenvalue weighted by atomic mass is 35.5. The van der Waals surface area contributed by atoms with Crippen LogP contribution >= 0.6 is 23.4 Å². The lowest BCUT2D eigenvalue weighted by atomic mass is 10.2. The number of fused-ring (bicyclic) bond motifs is 1. The number of nitrogens with one attached hydrogen (secondary N) is 1. The van der Waals surface area contributed by atoms with Crippen LogP contribution in [0.2, 0.25) is 5.02 Å². The van der Waals surface area contributed by atoms with Gasteiger partial charge in [-0.25, -0.2) is 10.4 Å². The van der Waals surface area contributed by atoms with Gasteiger partial charge in [0.15, 0.2) is 5.16 Å². The molecule has 0 saturated carbocycles. The van der Waals surface area contributed by atoms with Crippen LogP contribution in [0, 0.1) is 0 Å². The number of carbonyl (C=O) groups is 1. The Morgan fingerprint density at radius 3 is 2.73 bits per heavy atom. The molecule has 4 aromatic rings. The minimum Gasteiger partial charge on any atom is -0.314 e. The van der Waals surface area contributed by atoms with Gasteiger partial charge in [-0.05, 0) is 35.9 Å². The van der Waals surface area contributed by atoms with E-state index in [0.717, 1.165) is 21.8 Å². The fraction of sp³-hybridized carbons (Fsp3) is 0.0909. The Bertz CT molecular complexity index is 1190. The van der Waals surface area contributed by atoms with E-state index in [4.69, 9.17) is 16.6 Å². The number of amides is 1. The molecule has 1 N–H and O–H groups in total. The molecule has 0 bridgehead atoms. The van der Waals surface area contributed by atoms with Crippen molar-refractivity contribution in [1.82, 2.24) is 20.0 Å². The third-order valence-corrected chi connectivity index (χ3v) is 5.66. The van der Waals surface area contributed by atoms with Gasteiger partial charge < -0.3 is 4.57 Å². The number of thioether (sulfide) groups is 1. The molecule has 8 heteroatoms. The fourth-order valence-corrected chi connectivity index (χ4v) is 3.90. The first-order valence-electron chi connectivity index (χ1n) is 9.25. The van der Waals surface area contributed by atoms with Gasteiger partial charge in [0.2, 0.25) is 0 Å². The average Bonchev–Trinajstić information content (AvgIpc) is 3.12. The second-order valence-corrected chi connectivity index (χ2v) is 7.75. The molecule has 2 aromatic heterocycles. The summed E-state index contributed by atoms with van der Waals surface area (Å²) in [5, 5.41) is 5.40. The van der Waals surface area contributed by atoms with Crippen LogP contribution in [-0.2, 0) is 11.3 Å². The zero-order valence-electron chi connectivity index (χ0n) is 15.9. The third-order valence-electron chi connectivity index (χ3n) is 4.31. The fourth-order valence-electron chi connectivity index (χ4n) is 2.90. The third kappa shape index (κ3) is 4.87. The zero-order valence-corrected chi connectivity index (χ0v) is 17.5. The molecular formula is C22H18ClN5OS. The number of carbonyl (C=O) groups excluding carboxylic acids is 1. The Labute approximate surface area is 183 Å². The van der Waals surface area contributed by atoms with Crippen molar-refractivity contribution in [3.63, 3.8) is 0 Å². The monoisotopic (exact) mass is 435 g/mol. The van der Waals surface area contributed by atoms with Gasteiger partial charge >= 0.3 is 0 Å². The number of hydrazone groups is 1. The van der Waals surface area contributed by atoms with Gasteiger partial charge in [-0.15, -0.1) is 0 Å². The Morgan fingerprint density at radius 1 is 1.10 bits per heavy atom. The topological polar surface area (TPSA) is 72.2 Å². The van der Waals surface area contributed by atoms with E-state index in [-0.39, 0.29) is 11.7 Å². The Hall–Kier alpha value is -3.16. The van der Waals surface area contributed by atoms with Crippen molar-refractivity contribution < 1.29 is 4.79 Å². The van der Waals surface area contributed by atoms with Crippen LogP contribution < -0.4 is 5.43 Å². The molecule has 0 unspecified atom stereocenters. The summed E-state index contributed by atoms with van der Waals surface area (Å²) in [6.07, 6.45) is 3.18. The molecule has 2 aromatic carbocycles. The highest BCUT2D eigenvalue weighted by Crippen LogP contribution is 2.26. The van der Waals surface area contributed by atoms with Crippen molar-refractivity contribution in [3.8, 4) is 0 Å². The van der Waals surface area contributed by atoms with E-state index in [2.05, 4.69) is 20.1 Å². The highest BCUT2D eigenvalue weighted by molar-refractivity contribution is 7.99. The van der Waals surface area contributed by atoms with Gasteiger partial charge in [-0.1, -0.05) is 59.8 Å². The first-order chi connectivity index (χ1) is 14.7. The molecule has 150 valence electrons. The standard InChI is InChI=1S/C22H18ClN5OS/c23-18-9-2-1-7-16(18)14-28-20-11-4-3-10-19(20)26-22(28)30-15-21(29)27-25-13-17-8-5-6-12-24-17/h1-13H,14-15H2,(H,27,29)/b25-13-. The van der Waals surface area contributed by atoms with E-state index in [1.807, 2.05) is 66.7 Å². The van der Waals surface area contributed by atoms with E-state index in [9.17, 15) is 4.79 Å². The van der Waals surface area contributed by atoms with E-state index in [1.54, 1.807) is 6.20 Å². The molecule has 0 aliphatic rings. The molecule has 0 spiro atoms. The lowest BCUT2D eigenvalue weighted by molar-refractivity contribution is -0.118. The van der Waals surface area contributed by atoms with E-state index >= 15 is 0 Å². The van der Waals surface area contributed by atoms with E-state index < -0.39 is 0 Å². The summed E-state index contributed by atoms with van der Waals surface area (Å²) in [6, 6.07) is 21.1. The molecule has 0 atom stereocenters. The maximum atomic E-state index is 12.2. The summed E-state index contributed by atoms with van der Waals surface area (Å²) in [4.78, 5) is 21.0. The smallest absolute Gasteiger partial charge is 0.250 e. The normalized spacial score (nSPS) is 11.2. The molecule has 0 fully saturated rings. The molecule has 0 aliphatic heterocycles. The second-order valence-electron chi connectivity index (χ2n) is 6.40. The molecule has 30 heavy (non-hydrogen) atoms. The van der Waals surface area contributed by atoms with Crippen molar-refractivity contribution in [3.05, 3.63) is 89.2 Å². The van der Waals surface area contributed by atoms with Crippen LogP contribution in [0.5, 0.6) is 0 Å². The molecule has 0 aliphatic carbocycles. The van der Waals surface area contributed by atoms with E-state index in [0.29, 0.717) is 17.3 Å². The lowest BCUT2D eigenvalue weighted by Gasteiger charge is -2.10. The van der Waals surface area contributed by atoms with Crippen LogP contribution in [0.25, 0.3) is 11.0 Å². The minimum atomic E-state index is -0.219. The van der Waals surface area contributed by atoms with Crippen LogP contribution in [0.15, 0.2) is 83.2 Å². The molecule has 4 rings (SSSR count). The predicted octanol–water partition coefficient (Wildman–Crippen LogP) is 4.38. The average molecular weight is 436 g/mol. The first-order valence-corrected chi connectivity index (χ1v) is 10.6. The van der Waals surface area contributed by atoms with Gasteiger partial charge in [0.05, 0.1) is 35.2 Å². The zero-order chi connectivity index (χ0) is 20.8. The second kappa shape index (κ2) is 9.56. The van der Waals surface area contributed by atoms with Crippen molar-refractivity contribution in [2.75, 3.05) is 5.75 Å². The Morgan fingerprint density at radius 2 is 1.90 bits per heavy atom. The number of imidazole rings is 1. The number of pyridine rings is 1. The summed E-state index contributed by atoms with van der Waals surface area (Å²) in [7, 11) is 0. The van der Waals surface area contributed by atoms with Gasteiger partial charge in [0.1, 0.15) is 0 Å². The summed E-state index contributed by atoms with van der Waals surface area (Å²) in [6.45, 7) is 0.571. The SMILES string of the molecule is O=C(CSc1nc2ccccc2n1Cc1ccccc1Cl)N/N=C\c1ccccn1. The summed E-state index contributed by atoms with van der Waals surface area (Å²) >= 11 is 7.71. The predicted molar refractivity (Wildman–Crippen MR) is 121 cm³/mol. The number of hydrogen-bond acceptors (Lipinski definition) is 5. The van der Waals surface area contributed by atoms with Crippen molar-refractivity contribution >= 4 is 46.5 Å². The number of benzene rings is 2. The van der Waals surface area contributed by atoms with Crippen LogP contribution in [0.1, 0.15) is 11.3 Å². The van der Waals surface area contributed by atoms with Gasteiger partial charge in [0, 0.05) is 11.2 Å². The number of halogens is 1. The summed E-state index contributed by atoms with van der Waals surface area (Å²) < 4.78 is 2.08. The van der Waals surface area contributed by atoms with Gasteiger partial charge in [-0.2, -0.15) is 5.10 Å². The first kappa shape index (κ1) is 20.1. The molecule has 6 nitrogen and oxygen atoms in total. The molecule has 0 radical (unpaired) electrons. The Kier molecular flexibility index (Phi) is 6.41. The lowest BCUT2D eigenvalue weighted by Crippen LogP contribution is -2.20.